The van der Waals surface area contributed by atoms with Crippen molar-refractivity contribution < 1.29 is 0 Å². The van der Waals surface area contributed by atoms with Crippen molar-refractivity contribution in [1.82, 2.24) is 14.9 Å². The zero-order chi connectivity index (χ0) is 11.8. The van der Waals surface area contributed by atoms with Crippen LogP contribution in [0.3, 0.4) is 0 Å². The maximum atomic E-state index is 4.22. The van der Waals surface area contributed by atoms with Gasteiger partial charge in [-0.15, -0.1) is 0 Å². The Bertz CT molecular complexity index is 278. The standard InChI is InChI=1S/C13H25N3/c1-4-8-14-9-6-5-7-13-10-15-11-16(13)12(2)3/h10-12,14H,4-9H2,1-3H3. The molecule has 0 saturated heterocycles. The first-order valence-electron chi connectivity index (χ1n) is 6.47. The molecule has 0 amide bonds. The molecule has 0 atom stereocenters. The van der Waals surface area contributed by atoms with E-state index in [-0.39, 0.29) is 0 Å². The second-order valence-corrected chi connectivity index (χ2v) is 4.59. The maximum absolute atomic E-state index is 4.22. The summed E-state index contributed by atoms with van der Waals surface area (Å²) in [6.45, 7) is 8.89. The number of aromatic nitrogens is 2. The van der Waals surface area contributed by atoms with Crippen molar-refractivity contribution in [2.24, 2.45) is 0 Å². The third-order valence-corrected chi connectivity index (χ3v) is 2.77. The quantitative estimate of drug-likeness (QED) is 0.687. The van der Waals surface area contributed by atoms with Crippen molar-refractivity contribution >= 4 is 0 Å². The first-order valence-corrected chi connectivity index (χ1v) is 6.47. The number of aryl methyl sites for hydroxylation is 1. The third kappa shape index (κ3) is 4.35. The Hall–Kier alpha value is -0.830. The van der Waals surface area contributed by atoms with Crippen LogP contribution in [0.15, 0.2) is 12.5 Å². The van der Waals surface area contributed by atoms with Gasteiger partial charge >= 0.3 is 0 Å². The summed E-state index contributed by atoms with van der Waals surface area (Å²) in [7, 11) is 0. The molecule has 0 aliphatic rings. The van der Waals surface area contributed by atoms with Crippen LogP contribution in [-0.4, -0.2) is 22.6 Å². The highest BCUT2D eigenvalue weighted by atomic mass is 15.1. The van der Waals surface area contributed by atoms with Crippen LogP contribution in [0.5, 0.6) is 0 Å². The molecule has 1 aromatic rings. The molecule has 3 nitrogen and oxygen atoms in total. The molecule has 0 aromatic carbocycles. The number of hydrogen-bond donors (Lipinski definition) is 1. The SMILES string of the molecule is CCCNCCCCc1cncn1C(C)C. The van der Waals surface area contributed by atoms with Gasteiger partial charge in [0.1, 0.15) is 0 Å². The predicted octanol–water partition coefficient (Wildman–Crippen LogP) is 2.79. The second-order valence-electron chi connectivity index (χ2n) is 4.59. The van der Waals surface area contributed by atoms with Crippen molar-refractivity contribution in [3.05, 3.63) is 18.2 Å². The number of imidazole rings is 1. The van der Waals surface area contributed by atoms with Gasteiger partial charge in [0.05, 0.1) is 6.33 Å². The topological polar surface area (TPSA) is 29.9 Å². The highest BCUT2D eigenvalue weighted by molar-refractivity contribution is 4.99. The Labute approximate surface area is 99.3 Å². The van der Waals surface area contributed by atoms with Crippen LogP contribution in [0.25, 0.3) is 0 Å². The molecule has 16 heavy (non-hydrogen) atoms. The normalized spacial score (nSPS) is 11.2. The highest BCUT2D eigenvalue weighted by Gasteiger charge is 2.04. The zero-order valence-electron chi connectivity index (χ0n) is 10.9. The second kappa shape index (κ2) is 7.44. The van der Waals surface area contributed by atoms with E-state index in [2.05, 4.69) is 35.6 Å². The third-order valence-electron chi connectivity index (χ3n) is 2.77. The van der Waals surface area contributed by atoms with Gasteiger partial charge in [-0.25, -0.2) is 4.98 Å². The van der Waals surface area contributed by atoms with Crippen LogP contribution in [0.1, 0.15) is 51.8 Å². The minimum absolute atomic E-state index is 0.524. The summed E-state index contributed by atoms with van der Waals surface area (Å²) in [4.78, 5) is 4.22. The number of nitrogens with zero attached hydrogens (tertiary/aromatic N) is 2. The lowest BCUT2D eigenvalue weighted by Crippen LogP contribution is -2.16. The molecule has 0 aliphatic heterocycles. The van der Waals surface area contributed by atoms with Crippen LogP contribution < -0.4 is 5.32 Å². The molecule has 0 aliphatic carbocycles. The molecular formula is C13H25N3. The summed E-state index contributed by atoms with van der Waals surface area (Å²) >= 11 is 0. The molecule has 0 spiro atoms. The molecule has 1 rings (SSSR count). The van der Waals surface area contributed by atoms with E-state index in [4.69, 9.17) is 0 Å². The van der Waals surface area contributed by atoms with Crippen molar-refractivity contribution in [3.63, 3.8) is 0 Å². The fraction of sp³-hybridized carbons (Fsp3) is 0.769. The number of nitrogens with one attached hydrogen (secondary N) is 1. The van der Waals surface area contributed by atoms with E-state index < -0.39 is 0 Å². The Morgan fingerprint density at radius 2 is 2.12 bits per heavy atom. The number of unbranched alkanes of at least 4 members (excludes halogenated alkanes) is 1. The monoisotopic (exact) mass is 223 g/mol. The molecule has 0 unspecified atom stereocenters. The van der Waals surface area contributed by atoms with Crippen molar-refractivity contribution in [1.29, 1.82) is 0 Å². The lowest BCUT2D eigenvalue weighted by molar-refractivity contribution is 0.555. The molecule has 1 heterocycles. The minimum Gasteiger partial charge on any atom is -0.332 e. The lowest BCUT2D eigenvalue weighted by atomic mass is 10.2. The van der Waals surface area contributed by atoms with Crippen molar-refractivity contribution in [3.8, 4) is 0 Å². The van der Waals surface area contributed by atoms with Gasteiger partial charge in [0.15, 0.2) is 0 Å². The number of rotatable bonds is 8. The molecule has 0 radical (unpaired) electrons. The molecule has 1 aromatic heterocycles. The fourth-order valence-corrected chi connectivity index (χ4v) is 1.85. The maximum Gasteiger partial charge on any atom is 0.0950 e. The Kier molecular flexibility index (Phi) is 6.16. The van der Waals surface area contributed by atoms with E-state index in [1.54, 1.807) is 0 Å². The van der Waals surface area contributed by atoms with Gasteiger partial charge < -0.3 is 9.88 Å². The molecule has 0 bridgehead atoms. The van der Waals surface area contributed by atoms with E-state index in [9.17, 15) is 0 Å². The van der Waals surface area contributed by atoms with Crippen LogP contribution >= 0.6 is 0 Å². The first-order chi connectivity index (χ1) is 7.75. The van der Waals surface area contributed by atoms with Gasteiger partial charge in [0.25, 0.3) is 0 Å². The largest absolute Gasteiger partial charge is 0.332 e. The van der Waals surface area contributed by atoms with Crippen LogP contribution in [0.4, 0.5) is 0 Å². The highest BCUT2D eigenvalue weighted by Crippen LogP contribution is 2.11. The molecule has 92 valence electrons. The lowest BCUT2D eigenvalue weighted by Gasteiger charge is -2.11. The predicted molar refractivity (Wildman–Crippen MR) is 68.7 cm³/mol. The summed E-state index contributed by atoms with van der Waals surface area (Å²) in [5.41, 5.74) is 1.37. The van der Waals surface area contributed by atoms with E-state index in [0.29, 0.717) is 6.04 Å². The summed E-state index contributed by atoms with van der Waals surface area (Å²) in [5, 5.41) is 3.43. The Balaban J connectivity index is 2.19. The van der Waals surface area contributed by atoms with Crippen LogP contribution in [0.2, 0.25) is 0 Å². The van der Waals surface area contributed by atoms with Crippen molar-refractivity contribution in [2.75, 3.05) is 13.1 Å². The van der Waals surface area contributed by atoms with Gasteiger partial charge in [-0.2, -0.15) is 0 Å². The molecule has 3 heteroatoms. The Morgan fingerprint density at radius 1 is 1.31 bits per heavy atom. The summed E-state index contributed by atoms with van der Waals surface area (Å²) in [6.07, 6.45) is 8.80. The molecular weight excluding hydrogens is 198 g/mol. The smallest absolute Gasteiger partial charge is 0.0950 e. The van der Waals surface area contributed by atoms with Gasteiger partial charge in [0.2, 0.25) is 0 Å². The zero-order valence-corrected chi connectivity index (χ0v) is 10.9. The van der Waals surface area contributed by atoms with Gasteiger partial charge in [-0.3, -0.25) is 0 Å². The van der Waals surface area contributed by atoms with Crippen molar-refractivity contribution in [2.45, 2.75) is 52.5 Å². The first kappa shape index (κ1) is 13.2. The van der Waals surface area contributed by atoms with E-state index in [1.165, 1.54) is 25.0 Å². The summed E-state index contributed by atoms with van der Waals surface area (Å²) in [6, 6.07) is 0.524. The number of hydrogen-bond acceptors (Lipinski definition) is 2. The van der Waals surface area contributed by atoms with Gasteiger partial charge in [-0.05, 0) is 52.6 Å². The van der Waals surface area contributed by atoms with Crippen LogP contribution in [-0.2, 0) is 6.42 Å². The fourth-order valence-electron chi connectivity index (χ4n) is 1.85. The van der Waals surface area contributed by atoms with Gasteiger partial charge in [-0.1, -0.05) is 6.92 Å². The minimum atomic E-state index is 0.524. The average molecular weight is 223 g/mol. The van der Waals surface area contributed by atoms with Gasteiger partial charge in [0, 0.05) is 17.9 Å². The average Bonchev–Trinajstić information content (AvgIpc) is 2.71. The van der Waals surface area contributed by atoms with Crippen LogP contribution in [0, 0.1) is 0 Å². The van der Waals surface area contributed by atoms with E-state index in [0.717, 1.165) is 19.5 Å². The molecule has 0 fully saturated rings. The Morgan fingerprint density at radius 3 is 2.81 bits per heavy atom. The van der Waals surface area contributed by atoms with E-state index in [1.807, 2.05) is 12.5 Å². The molecule has 0 saturated carbocycles. The summed E-state index contributed by atoms with van der Waals surface area (Å²) in [5.74, 6) is 0. The summed E-state index contributed by atoms with van der Waals surface area (Å²) < 4.78 is 2.26. The van der Waals surface area contributed by atoms with E-state index >= 15 is 0 Å². The molecule has 1 N–H and O–H groups in total.